The molecular formula is C18H17ClN2OS. The lowest BCUT2D eigenvalue weighted by Crippen LogP contribution is -2.24. The van der Waals surface area contributed by atoms with E-state index in [0.717, 1.165) is 22.6 Å². The van der Waals surface area contributed by atoms with Gasteiger partial charge in [0, 0.05) is 15.6 Å². The van der Waals surface area contributed by atoms with Crippen LogP contribution in [0.15, 0.2) is 53.4 Å². The molecule has 0 saturated carbocycles. The summed E-state index contributed by atoms with van der Waals surface area (Å²) in [7, 11) is 0. The average molecular weight is 345 g/mol. The van der Waals surface area contributed by atoms with Crippen LogP contribution in [0.2, 0.25) is 5.02 Å². The number of nitrogens with zero attached hydrogens (tertiary/aromatic N) is 1. The van der Waals surface area contributed by atoms with Gasteiger partial charge in [0.05, 0.1) is 17.7 Å². The van der Waals surface area contributed by atoms with Crippen LogP contribution in [0, 0.1) is 11.3 Å². The van der Waals surface area contributed by atoms with E-state index in [-0.39, 0.29) is 11.2 Å². The molecule has 0 bridgehead atoms. The van der Waals surface area contributed by atoms with Crippen LogP contribution in [0.5, 0.6) is 0 Å². The summed E-state index contributed by atoms with van der Waals surface area (Å²) in [6.07, 6.45) is 1.10. The van der Waals surface area contributed by atoms with Crippen LogP contribution in [0.4, 0.5) is 5.69 Å². The quantitative estimate of drug-likeness (QED) is 0.757. The minimum absolute atomic E-state index is 0.0273. The van der Waals surface area contributed by atoms with E-state index in [0.29, 0.717) is 11.4 Å². The van der Waals surface area contributed by atoms with Crippen molar-refractivity contribution in [3.8, 4) is 6.07 Å². The number of halogens is 1. The molecule has 1 amide bonds. The number of carbonyl (C=O) groups excluding carboxylic acids is 1. The first kappa shape index (κ1) is 17.4. The topological polar surface area (TPSA) is 52.9 Å². The number of amides is 1. The summed E-state index contributed by atoms with van der Waals surface area (Å²) in [5.41, 5.74) is 1.68. The second-order valence-electron chi connectivity index (χ2n) is 4.99. The molecule has 0 spiro atoms. The van der Waals surface area contributed by atoms with Crippen molar-refractivity contribution >= 4 is 35.0 Å². The summed E-state index contributed by atoms with van der Waals surface area (Å²) in [6.45, 7) is 1.99. The zero-order valence-corrected chi connectivity index (χ0v) is 14.3. The SMILES string of the molecule is CC[C@H](Sc1ccc(Cl)cc1)C(=O)Nc1ccc(CC#N)cc1. The van der Waals surface area contributed by atoms with Crippen molar-refractivity contribution in [3.63, 3.8) is 0 Å². The van der Waals surface area contributed by atoms with E-state index < -0.39 is 0 Å². The fourth-order valence-corrected chi connectivity index (χ4v) is 3.10. The third-order valence-electron chi connectivity index (χ3n) is 3.26. The number of hydrogen-bond acceptors (Lipinski definition) is 3. The van der Waals surface area contributed by atoms with Crippen LogP contribution in [0.25, 0.3) is 0 Å². The summed E-state index contributed by atoms with van der Waals surface area (Å²) in [6, 6.07) is 16.9. The number of thioether (sulfide) groups is 1. The third-order valence-corrected chi connectivity index (χ3v) is 4.89. The summed E-state index contributed by atoms with van der Waals surface area (Å²) < 4.78 is 0. The summed E-state index contributed by atoms with van der Waals surface area (Å²) in [5, 5.41) is 12.1. The predicted octanol–water partition coefficient (Wildman–Crippen LogP) is 4.92. The van der Waals surface area contributed by atoms with E-state index in [2.05, 4.69) is 11.4 Å². The van der Waals surface area contributed by atoms with Crippen molar-refractivity contribution in [2.75, 3.05) is 5.32 Å². The Morgan fingerprint density at radius 1 is 1.22 bits per heavy atom. The molecule has 0 heterocycles. The van der Waals surface area contributed by atoms with Crippen molar-refractivity contribution in [1.29, 1.82) is 5.26 Å². The standard InChI is InChI=1S/C18H17ClN2OS/c1-2-17(23-16-9-5-14(19)6-10-16)18(22)21-15-7-3-13(4-8-15)11-12-20/h3-10,17H,2,11H2,1H3,(H,21,22)/t17-/m0/s1. The van der Waals surface area contributed by atoms with E-state index >= 15 is 0 Å². The van der Waals surface area contributed by atoms with Crippen molar-refractivity contribution in [2.45, 2.75) is 29.9 Å². The molecule has 23 heavy (non-hydrogen) atoms. The number of anilines is 1. The molecule has 0 aliphatic carbocycles. The molecule has 2 aromatic rings. The number of carbonyl (C=O) groups is 1. The van der Waals surface area contributed by atoms with Gasteiger partial charge in [-0.25, -0.2) is 0 Å². The highest BCUT2D eigenvalue weighted by Crippen LogP contribution is 2.27. The third kappa shape index (κ3) is 5.31. The fraction of sp³-hybridized carbons (Fsp3) is 0.222. The number of hydrogen-bond donors (Lipinski definition) is 1. The van der Waals surface area contributed by atoms with Crippen molar-refractivity contribution in [2.24, 2.45) is 0 Å². The average Bonchev–Trinajstić information content (AvgIpc) is 2.56. The largest absolute Gasteiger partial charge is 0.325 e. The maximum Gasteiger partial charge on any atom is 0.237 e. The molecule has 2 rings (SSSR count). The minimum Gasteiger partial charge on any atom is -0.325 e. The molecule has 0 fully saturated rings. The maximum absolute atomic E-state index is 12.4. The first-order valence-corrected chi connectivity index (χ1v) is 8.57. The summed E-state index contributed by atoms with van der Waals surface area (Å²) in [5.74, 6) is -0.0273. The van der Waals surface area contributed by atoms with E-state index in [4.69, 9.17) is 16.9 Å². The van der Waals surface area contributed by atoms with Gasteiger partial charge in [0.1, 0.15) is 0 Å². The number of nitriles is 1. The van der Waals surface area contributed by atoms with Gasteiger partial charge < -0.3 is 5.32 Å². The maximum atomic E-state index is 12.4. The van der Waals surface area contributed by atoms with Gasteiger partial charge in [0.2, 0.25) is 5.91 Å². The number of benzene rings is 2. The molecule has 1 N–H and O–H groups in total. The lowest BCUT2D eigenvalue weighted by atomic mass is 10.1. The predicted molar refractivity (Wildman–Crippen MR) is 95.8 cm³/mol. The lowest BCUT2D eigenvalue weighted by molar-refractivity contribution is -0.115. The van der Waals surface area contributed by atoms with E-state index in [1.54, 1.807) is 0 Å². The normalized spacial score (nSPS) is 11.5. The second-order valence-corrected chi connectivity index (χ2v) is 6.70. The molecule has 2 aromatic carbocycles. The zero-order valence-electron chi connectivity index (χ0n) is 12.8. The Kier molecular flexibility index (Phi) is 6.52. The summed E-state index contributed by atoms with van der Waals surface area (Å²) >= 11 is 7.40. The van der Waals surface area contributed by atoms with Crippen molar-refractivity contribution in [1.82, 2.24) is 0 Å². The Labute approximate surface area is 145 Å². The molecule has 0 unspecified atom stereocenters. The molecule has 0 saturated heterocycles. The second kappa shape index (κ2) is 8.61. The Bertz CT molecular complexity index is 692. The van der Waals surface area contributed by atoms with E-state index in [9.17, 15) is 4.79 Å². The smallest absolute Gasteiger partial charge is 0.237 e. The molecular weight excluding hydrogens is 328 g/mol. The molecule has 3 nitrogen and oxygen atoms in total. The van der Waals surface area contributed by atoms with E-state index in [1.165, 1.54) is 11.8 Å². The van der Waals surface area contributed by atoms with Gasteiger partial charge in [-0.3, -0.25) is 4.79 Å². The molecule has 5 heteroatoms. The number of rotatable bonds is 6. The van der Waals surface area contributed by atoms with Gasteiger partial charge in [-0.15, -0.1) is 11.8 Å². The highest BCUT2D eigenvalue weighted by atomic mass is 35.5. The Morgan fingerprint density at radius 3 is 2.43 bits per heavy atom. The summed E-state index contributed by atoms with van der Waals surface area (Å²) in [4.78, 5) is 13.4. The van der Waals surface area contributed by atoms with Crippen LogP contribution in [0.3, 0.4) is 0 Å². The minimum atomic E-state index is -0.171. The molecule has 0 radical (unpaired) electrons. The van der Waals surface area contributed by atoms with Gasteiger partial charge in [-0.2, -0.15) is 5.26 Å². The monoisotopic (exact) mass is 344 g/mol. The van der Waals surface area contributed by atoms with Gasteiger partial charge in [0.15, 0.2) is 0 Å². The van der Waals surface area contributed by atoms with Crippen LogP contribution >= 0.6 is 23.4 Å². The number of nitrogens with one attached hydrogen (secondary N) is 1. The van der Waals surface area contributed by atoms with Crippen LogP contribution < -0.4 is 5.32 Å². The van der Waals surface area contributed by atoms with Crippen molar-refractivity contribution in [3.05, 3.63) is 59.1 Å². The fourth-order valence-electron chi connectivity index (χ4n) is 2.02. The van der Waals surface area contributed by atoms with Gasteiger partial charge >= 0.3 is 0 Å². The molecule has 0 aromatic heterocycles. The van der Waals surface area contributed by atoms with Crippen molar-refractivity contribution < 1.29 is 4.79 Å². The molecule has 118 valence electrons. The Morgan fingerprint density at radius 2 is 1.87 bits per heavy atom. The molecule has 0 aliphatic rings. The van der Waals surface area contributed by atoms with E-state index in [1.807, 2.05) is 55.5 Å². The first-order valence-electron chi connectivity index (χ1n) is 7.31. The van der Waals surface area contributed by atoms with Gasteiger partial charge in [0.25, 0.3) is 0 Å². The Balaban J connectivity index is 1.99. The van der Waals surface area contributed by atoms with Crippen LogP contribution in [-0.2, 0) is 11.2 Å². The molecule has 1 atom stereocenters. The Hall–Kier alpha value is -1.96. The van der Waals surface area contributed by atoms with Gasteiger partial charge in [-0.1, -0.05) is 30.7 Å². The molecule has 0 aliphatic heterocycles. The van der Waals surface area contributed by atoms with Crippen LogP contribution in [0.1, 0.15) is 18.9 Å². The zero-order chi connectivity index (χ0) is 16.7. The highest BCUT2D eigenvalue weighted by molar-refractivity contribution is 8.00. The lowest BCUT2D eigenvalue weighted by Gasteiger charge is -2.15. The van der Waals surface area contributed by atoms with Crippen LogP contribution in [-0.4, -0.2) is 11.2 Å². The van der Waals surface area contributed by atoms with Gasteiger partial charge in [-0.05, 0) is 48.4 Å². The first-order chi connectivity index (χ1) is 11.1. The highest BCUT2D eigenvalue weighted by Gasteiger charge is 2.18.